The molecule has 114 valence electrons. The summed E-state index contributed by atoms with van der Waals surface area (Å²) in [7, 11) is 0. The minimum Gasteiger partial charge on any atom is -0.481 e. The first kappa shape index (κ1) is 15.5. The standard InChI is InChI=1S/C16H21NO4/c18-15(17-9-6-14(7-10-17)16(19)20)8-11-21-12-13-4-2-1-3-5-13/h1-5,14H,6-12H2,(H,19,20). The van der Waals surface area contributed by atoms with E-state index in [0.717, 1.165) is 5.56 Å². The van der Waals surface area contributed by atoms with Crippen LogP contribution in [0.3, 0.4) is 0 Å². The summed E-state index contributed by atoms with van der Waals surface area (Å²) in [6.07, 6.45) is 1.45. The van der Waals surface area contributed by atoms with Crippen molar-refractivity contribution in [2.45, 2.75) is 25.9 Å². The van der Waals surface area contributed by atoms with E-state index in [4.69, 9.17) is 9.84 Å². The number of carboxylic acid groups (broad SMARTS) is 1. The summed E-state index contributed by atoms with van der Waals surface area (Å²) in [6, 6.07) is 9.83. The lowest BCUT2D eigenvalue weighted by Gasteiger charge is -2.30. The lowest BCUT2D eigenvalue weighted by molar-refractivity contribution is -0.146. The number of benzene rings is 1. The molecule has 0 unspecified atom stereocenters. The van der Waals surface area contributed by atoms with Crippen LogP contribution in [0.25, 0.3) is 0 Å². The highest BCUT2D eigenvalue weighted by molar-refractivity contribution is 5.77. The fraction of sp³-hybridized carbons (Fsp3) is 0.500. The molecule has 1 saturated heterocycles. The Kier molecular flexibility index (Phi) is 5.75. The van der Waals surface area contributed by atoms with Crippen molar-refractivity contribution < 1.29 is 19.4 Å². The summed E-state index contributed by atoms with van der Waals surface area (Å²) in [6.45, 7) is 1.98. The number of nitrogens with zero attached hydrogens (tertiary/aromatic N) is 1. The smallest absolute Gasteiger partial charge is 0.306 e. The first-order chi connectivity index (χ1) is 10.2. The van der Waals surface area contributed by atoms with Crippen molar-refractivity contribution in [3.05, 3.63) is 35.9 Å². The quantitative estimate of drug-likeness (QED) is 0.813. The number of ether oxygens (including phenoxy) is 1. The molecule has 0 bridgehead atoms. The van der Waals surface area contributed by atoms with Crippen molar-refractivity contribution in [2.75, 3.05) is 19.7 Å². The highest BCUT2D eigenvalue weighted by atomic mass is 16.5. The van der Waals surface area contributed by atoms with Gasteiger partial charge in [0, 0.05) is 13.1 Å². The molecule has 0 aromatic heterocycles. The molecular formula is C16H21NO4. The number of hydrogen-bond acceptors (Lipinski definition) is 3. The summed E-state index contributed by atoms with van der Waals surface area (Å²) in [4.78, 5) is 24.6. The van der Waals surface area contributed by atoms with Crippen LogP contribution in [0.15, 0.2) is 30.3 Å². The average Bonchev–Trinajstić information content (AvgIpc) is 2.52. The molecule has 1 amide bonds. The SMILES string of the molecule is O=C(O)C1CCN(C(=O)CCOCc2ccccc2)CC1. The van der Waals surface area contributed by atoms with Gasteiger partial charge in [0.05, 0.1) is 25.6 Å². The molecule has 0 atom stereocenters. The Bertz CT molecular complexity index is 466. The monoisotopic (exact) mass is 291 g/mol. The van der Waals surface area contributed by atoms with Gasteiger partial charge in [-0.05, 0) is 18.4 Å². The van der Waals surface area contributed by atoms with E-state index < -0.39 is 5.97 Å². The molecule has 1 N–H and O–H groups in total. The molecule has 0 aliphatic carbocycles. The second-order valence-electron chi connectivity index (χ2n) is 5.28. The Morgan fingerprint density at radius 2 is 1.86 bits per heavy atom. The zero-order chi connectivity index (χ0) is 15.1. The van der Waals surface area contributed by atoms with Gasteiger partial charge in [-0.15, -0.1) is 0 Å². The van der Waals surface area contributed by atoms with Crippen LogP contribution in [0, 0.1) is 5.92 Å². The normalized spacial score (nSPS) is 15.9. The van der Waals surface area contributed by atoms with Gasteiger partial charge in [-0.2, -0.15) is 0 Å². The zero-order valence-electron chi connectivity index (χ0n) is 12.0. The summed E-state index contributed by atoms with van der Waals surface area (Å²) >= 11 is 0. The molecule has 0 spiro atoms. The molecule has 5 heteroatoms. The van der Waals surface area contributed by atoms with Crippen LogP contribution in [0.2, 0.25) is 0 Å². The van der Waals surface area contributed by atoms with Crippen LogP contribution in [0.4, 0.5) is 0 Å². The number of carbonyl (C=O) groups excluding carboxylic acids is 1. The number of aliphatic carboxylic acids is 1. The van der Waals surface area contributed by atoms with Crippen LogP contribution in [-0.4, -0.2) is 41.6 Å². The maximum atomic E-state index is 12.0. The third kappa shape index (κ3) is 4.86. The van der Waals surface area contributed by atoms with Crippen LogP contribution in [0.1, 0.15) is 24.8 Å². The third-order valence-corrected chi connectivity index (χ3v) is 3.77. The van der Waals surface area contributed by atoms with Gasteiger partial charge in [0.2, 0.25) is 5.91 Å². The molecule has 1 aliphatic heterocycles. The van der Waals surface area contributed by atoms with Crippen molar-refractivity contribution in [3.8, 4) is 0 Å². The fourth-order valence-electron chi connectivity index (χ4n) is 2.46. The van der Waals surface area contributed by atoms with E-state index in [9.17, 15) is 9.59 Å². The number of carboxylic acids is 1. The number of amides is 1. The van der Waals surface area contributed by atoms with Crippen LogP contribution < -0.4 is 0 Å². The lowest BCUT2D eigenvalue weighted by Crippen LogP contribution is -2.40. The van der Waals surface area contributed by atoms with Gasteiger partial charge >= 0.3 is 5.97 Å². The third-order valence-electron chi connectivity index (χ3n) is 3.77. The molecule has 2 rings (SSSR count). The van der Waals surface area contributed by atoms with Crippen molar-refractivity contribution >= 4 is 11.9 Å². The lowest BCUT2D eigenvalue weighted by atomic mass is 9.97. The van der Waals surface area contributed by atoms with Gasteiger partial charge in [0.15, 0.2) is 0 Å². The molecular weight excluding hydrogens is 270 g/mol. The molecule has 0 radical (unpaired) electrons. The van der Waals surface area contributed by atoms with E-state index in [1.54, 1.807) is 4.90 Å². The second-order valence-corrected chi connectivity index (χ2v) is 5.28. The molecule has 21 heavy (non-hydrogen) atoms. The van der Waals surface area contributed by atoms with Gasteiger partial charge in [-0.3, -0.25) is 9.59 Å². The summed E-state index contributed by atoms with van der Waals surface area (Å²) in [5, 5.41) is 8.92. The molecule has 1 aromatic rings. The molecule has 1 heterocycles. The minimum absolute atomic E-state index is 0.0481. The highest BCUT2D eigenvalue weighted by Gasteiger charge is 2.26. The van der Waals surface area contributed by atoms with Gasteiger partial charge < -0.3 is 14.7 Å². The van der Waals surface area contributed by atoms with Crippen LogP contribution >= 0.6 is 0 Å². The number of likely N-dealkylation sites (tertiary alicyclic amines) is 1. The summed E-state index contributed by atoms with van der Waals surface area (Å²) in [5.41, 5.74) is 1.09. The summed E-state index contributed by atoms with van der Waals surface area (Å²) < 4.78 is 5.50. The molecule has 1 fully saturated rings. The second kappa shape index (κ2) is 7.78. The minimum atomic E-state index is -0.756. The molecule has 1 aliphatic rings. The Balaban J connectivity index is 1.63. The summed E-state index contributed by atoms with van der Waals surface area (Å²) in [5.74, 6) is -1.01. The first-order valence-corrected chi connectivity index (χ1v) is 7.29. The number of hydrogen-bond donors (Lipinski definition) is 1. The van der Waals surface area contributed by atoms with E-state index in [2.05, 4.69) is 0 Å². The fourth-order valence-corrected chi connectivity index (χ4v) is 2.46. The van der Waals surface area contributed by atoms with E-state index in [1.807, 2.05) is 30.3 Å². The molecule has 0 saturated carbocycles. The van der Waals surface area contributed by atoms with Crippen molar-refractivity contribution in [1.82, 2.24) is 4.90 Å². The van der Waals surface area contributed by atoms with Gasteiger partial charge in [0.25, 0.3) is 0 Å². The van der Waals surface area contributed by atoms with Crippen molar-refractivity contribution in [3.63, 3.8) is 0 Å². The van der Waals surface area contributed by atoms with Crippen LogP contribution in [0.5, 0.6) is 0 Å². The maximum Gasteiger partial charge on any atom is 0.306 e. The predicted molar refractivity (Wildman–Crippen MR) is 77.7 cm³/mol. The Labute approximate surface area is 124 Å². The van der Waals surface area contributed by atoms with E-state index in [-0.39, 0.29) is 11.8 Å². The number of rotatable bonds is 6. The molecule has 1 aromatic carbocycles. The Hall–Kier alpha value is -1.88. The van der Waals surface area contributed by atoms with E-state index in [1.165, 1.54) is 0 Å². The molecule has 5 nitrogen and oxygen atoms in total. The largest absolute Gasteiger partial charge is 0.481 e. The topological polar surface area (TPSA) is 66.8 Å². The first-order valence-electron chi connectivity index (χ1n) is 7.29. The van der Waals surface area contributed by atoms with Crippen molar-refractivity contribution in [1.29, 1.82) is 0 Å². The van der Waals surface area contributed by atoms with Crippen LogP contribution in [-0.2, 0) is 20.9 Å². The van der Waals surface area contributed by atoms with Gasteiger partial charge in [-0.25, -0.2) is 0 Å². The zero-order valence-corrected chi connectivity index (χ0v) is 12.0. The number of carbonyl (C=O) groups is 2. The Morgan fingerprint density at radius 3 is 2.48 bits per heavy atom. The van der Waals surface area contributed by atoms with Crippen molar-refractivity contribution in [2.24, 2.45) is 5.92 Å². The van der Waals surface area contributed by atoms with E-state index in [0.29, 0.717) is 45.6 Å². The number of piperidine rings is 1. The van der Waals surface area contributed by atoms with Gasteiger partial charge in [0.1, 0.15) is 0 Å². The highest BCUT2D eigenvalue weighted by Crippen LogP contribution is 2.17. The average molecular weight is 291 g/mol. The van der Waals surface area contributed by atoms with Gasteiger partial charge in [-0.1, -0.05) is 30.3 Å². The Morgan fingerprint density at radius 1 is 1.19 bits per heavy atom. The predicted octanol–water partition coefficient (Wildman–Crippen LogP) is 1.92. The maximum absolute atomic E-state index is 12.0. The van der Waals surface area contributed by atoms with E-state index >= 15 is 0 Å².